The second kappa shape index (κ2) is 8.89. The Morgan fingerprint density at radius 2 is 1.85 bits per heavy atom. The maximum Gasteiger partial charge on any atom is 0.412 e. The highest BCUT2D eigenvalue weighted by atomic mass is 16.4. The van der Waals surface area contributed by atoms with Crippen molar-refractivity contribution < 1.29 is 9.90 Å². The number of anilines is 1. The van der Waals surface area contributed by atoms with E-state index in [2.05, 4.69) is 20.2 Å². The zero-order valence-electron chi connectivity index (χ0n) is 19.4. The molecule has 0 bridgehead atoms. The average molecular weight is 460 g/mol. The summed E-state index contributed by atoms with van der Waals surface area (Å²) in [5, 5.41) is 18.2. The van der Waals surface area contributed by atoms with Crippen molar-refractivity contribution in [3.63, 3.8) is 0 Å². The van der Waals surface area contributed by atoms with Crippen molar-refractivity contribution in [2.45, 2.75) is 32.7 Å². The number of nitrogens with zero attached hydrogens (tertiary/aromatic N) is 7. The highest BCUT2D eigenvalue weighted by Gasteiger charge is 2.28. The topological polar surface area (TPSA) is 119 Å². The van der Waals surface area contributed by atoms with E-state index in [0.29, 0.717) is 23.6 Å². The quantitative estimate of drug-likeness (QED) is 0.486. The molecule has 0 aliphatic rings. The molecule has 0 aliphatic carbocycles. The molecular formula is C24H25N7O3. The predicted octanol–water partition coefficient (Wildman–Crippen LogP) is 3.30. The highest BCUT2D eigenvalue weighted by Crippen LogP contribution is 2.25. The van der Waals surface area contributed by atoms with E-state index in [9.17, 15) is 14.7 Å². The van der Waals surface area contributed by atoms with Crippen molar-refractivity contribution in [3.05, 3.63) is 82.8 Å². The van der Waals surface area contributed by atoms with Crippen LogP contribution in [-0.4, -0.2) is 46.3 Å². The number of aryl methyl sites for hydroxylation is 1. The summed E-state index contributed by atoms with van der Waals surface area (Å²) in [5.74, 6) is 0.457. The molecule has 0 fully saturated rings. The molecule has 3 heterocycles. The number of hydrogen-bond acceptors (Lipinski definition) is 6. The van der Waals surface area contributed by atoms with Crippen LogP contribution in [0.4, 0.5) is 10.5 Å². The summed E-state index contributed by atoms with van der Waals surface area (Å²) in [6.07, 6.45) is 7.37. The van der Waals surface area contributed by atoms with Gasteiger partial charge in [0, 0.05) is 36.8 Å². The molecule has 10 heteroatoms. The number of carboxylic acid groups (broad SMARTS) is 1. The first kappa shape index (κ1) is 22.8. The van der Waals surface area contributed by atoms with Crippen LogP contribution in [0.25, 0.3) is 17.1 Å². The summed E-state index contributed by atoms with van der Waals surface area (Å²) < 4.78 is 3.29. The van der Waals surface area contributed by atoms with E-state index < -0.39 is 11.6 Å². The molecule has 0 radical (unpaired) electrons. The average Bonchev–Trinajstić information content (AvgIpc) is 3.21. The van der Waals surface area contributed by atoms with Crippen LogP contribution in [0.15, 0.2) is 66.1 Å². The van der Waals surface area contributed by atoms with Crippen LogP contribution in [0.5, 0.6) is 0 Å². The third kappa shape index (κ3) is 4.85. The molecular weight excluding hydrogens is 434 g/mol. The van der Waals surface area contributed by atoms with Crippen LogP contribution >= 0.6 is 0 Å². The van der Waals surface area contributed by atoms with Gasteiger partial charge in [0.25, 0.3) is 0 Å². The van der Waals surface area contributed by atoms with E-state index >= 15 is 0 Å². The minimum atomic E-state index is -1.07. The van der Waals surface area contributed by atoms with Gasteiger partial charge in [0.2, 0.25) is 5.43 Å². The van der Waals surface area contributed by atoms with E-state index in [1.807, 2.05) is 37.5 Å². The fourth-order valence-corrected chi connectivity index (χ4v) is 3.62. The van der Waals surface area contributed by atoms with Crippen LogP contribution in [0.2, 0.25) is 0 Å². The minimum absolute atomic E-state index is 0.151. The van der Waals surface area contributed by atoms with Crippen LogP contribution in [0.1, 0.15) is 32.0 Å². The van der Waals surface area contributed by atoms with Gasteiger partial charge in [-0.05, 0) is 32.4 Å². The third-order valence-electron chi connectivity index (χ3n) is 5.15. The molecule has 0 spiro atoms. The Hall–Kier alpha value is -4.34. The van der Waals surface area contributed by atoms with Gasteiger partial charge in [0.15, 0.2) is 5.82 Å². The van der Waals surface area contributed by atoms with Gasteiger partial charge in [-0.2, -0.15) is 10.2 Å². The van der Waals surface area contributed by atoms with Gasteiger partial charge in [0.1, 0.15) is 11.4 Å². The zero-order chi connectivity index (χ0) is 24.5. The van der Waals surface area contributed by atoms with E-state index in [1.165, 1.54) is 23.4 Å². The lowest BCUT2D eigenvalue weighted by Gasteiger charge is -2.32. The second-order valence-corrected chi connectivity index (χ2v) is 8.87. The van der Waals surface area contributed by atoms with Crippen molar-refractivity contribution in [1.29, 1.82) is 0 Å². The Kier molecular flexibility index (Phi) is 5.97. The Bertz CT molecular complexity index is 1380. The fraction of sp³-hybridized carbons (Fsp3) is 0.250. The van der Waals surface area contributed by atoms with E-state index in [4.69, 9.17) is 0 Å². The number of amides is 1. The van der Waals surface area contributed by atoms with Crippen molar-refractivity contribution in [2.24, 2.45) is 7.05 Å². The molecule has 0 atom stereocenters. The number of hydrogen-bond donors (Lipinski definition) is 1. The van der Waals surface area contributed by atoms with Crippen molar-refractivity contribution in [1.82, 2.24) is 29.5 Å². The summed E-state index contributed by atoms with van der Waals surface area (Å²) in [7, 11) is 1.81. The first-order valence-electron chi connectivity index (χ1n) is 10.6. The third-order valence-corrected chi connectivity index (χ3v) is 5.15. The van der Waals surface area contributed by atoms with Gasteiger partial charge in [-0.1, -0.05) is 18.2 Å². The molecule has 0 unspecified atom stereocenters. The molecule has 1 amide bonds. The second-order valence-electron chi connectivity index (χ2n) is 8.87. The molecule has 0 aliphatic heterocycles. The summed E-state index contributed by atoms with van der Waals surface area (Å²) in [5.41, 5.74) is 2.40. The van der Waals surface area contributed by atoms with Crippen molar-refractivity contribution in [2.75, 3.05) is 4.90 Å². The monoisotopic (exact) mass is 459 g/mol. The lowest BCUT2D eigenvalue weighted by atomic mass is 10.1. The summed E-state index contributed by atoms with van der Waals surface area (Å²) in [4.78, 5) is 34.1. The maximum atomic E-state index is 12.4. The number of aromatic nitrogens is 6. The zero-order valence-corrected chi connectivity index (χ0v) is 19.4. The van der Waals surface area contributed by atoms with Gasteiger partial charge in [-0.25, -0.2) is 19.4 Å². The summed E-state index contributed by atoms with van der Waals surface area (Å²) in [6.45, 7) is 5.41. The van der Waals surface area contributed by atoms with Gasteiger partial charge in [-0.3, -0.25) is 14.4 Å². The molecule has 3 aromatic heterocycles. The van der Waals surface area contributed by atoms with E-state index in [1.54, 1.807) is 42.5 Å². The smallest absolute Gasteiger partial charge is 0.412 e. The molecule has 10 nitrogen and oxygen atoms in total. The lowest BCUT2D eigenvalue weighted by molar-refractivity contribution is 0.195. The largest absolute Gasteiger partial charge is 0.465 e. The number of rotatable bonds is 5. The molecule has 174 valence electrons. The summed E-state index contributed by atoms with van der Waals surface area (Å²) in [6, 6.07) is 9.03. The molecule has 1 aromatic carbocycles. The van der Waals surface area contributed by atoms with Crippen LogP contribution < -0.4 is 10.3 Å². The van der Waals surface area contributed by atoms with Crippen molar-refractivity contribution >= 4 is 11.8 Å². The molecule has 34 heavy (non-hydrogen) atoms. The maximum absolute atomic E-state index is 12.4. The minimum Gasteiger partial charge on any atom is -0.465 e. The molecule has 0 saturated heterocycles. The Balaban J connectivity index is 1.60. The fourth-order valence-electron chi connectivity index (χ4n) is 3.62. The highest BCUT2D eigenvalue weighted by molar-refractivity contribution is 5.87. The molecule has 1 N–H and O–H groups in total. The lowest BCUT2D eigenvalue weighted by Crippen LogP contribution is -2.45. The SMILES string of the molecule is Cn1cc(-n2ccc(=O)c(Cc3cccc(-c4ncc(N(C(=O)O)C(C)(C)C)cn4)c3)n2)cn1. The number of benzene rings is 1. The summed E-state index contributed by atoms with van der Waals surface area (Å²) >= 11 is 0. The Morgan fingerprint density at radius 1 is 1.12 bits per heavy atom. The van der Waals surface area contributed by atoms with Gasteiger partial charge in [-0.15, -0.1) is 0 Å². The van der Waals surface area contributed by atoms with Crippen LogP contribution in [0, 0.1) is 0 Å². The van der Waals surface area contributed by atoms with Crippen LogP contribution in [-0.2, 0) is 13.5 Å². The normalized spacial score (nSPS) is 11.4. The van der Waals surface area contributed by atoms with Gasteiger partial charge >= 0.3 is 6.09 Å². The first-order valence-corrected chi connectivity index (χ1v) is 10.6. The molecule has 4 aromatic rings. The predicted molar refractivity (Wildman–Crippen MR) is 127 cm³/mol. The number of carbonyl (C=O) groups is 1. The van der Waals surface area contributed by atoms with E-state index in [-0.39, 0.29) is 5.43 Å². The molecule has 0 saturated carbocycles. The molecule has 4 rings (SSSR count). The standard InChI is InChI=1S/C24H25N7O3/c1-24(2,3)31(23(33)34)18-12-25-22(26-13-18)17-7-5-6-16(10-17)11-20-21(32)8-9-30(28-20)19-14-27-29(4)15-19/h5-10,12-15H,11H2,1-4H3,(H,33,34). The Morgan fingerprint density at radius 3 is 2.47 bits per heavy atom. The van der Waals surface area contributed by atoms with Gasteiger partial charge < -0.3 is 5.11 Å². The van der Waals surface area contributed by atoms with Crippen molar-refractivity contribution in [3.8, 4) is 17.1 Å². The van der Waals surface area contributed by atoms with Crippen LogP contribution in [0.3, 0.4) is 0 Å². The van der Waals surface area contributed by atoms with Gasteiger partial charge in [0.05, 0.1) is 30.5 Å². The van der Waals surface area contributed by atoms with E-state index in [0.717, 1.165) is 16.8 Å². The first-order chi connectivity index (χ1) is 16.1. The Labute approximate surface area is 196 Å².